The molecule has 0 aliphatic rings. The van der Waals surface area contributed by atoms with Crippen LogP contribution in [0.2, 0.25) is 0 Å². The summed E-state index contributed by atoms with van der Waals surface area (Å²) in [4.78, 5) is 0. The maximum absolute atomic E-state index is 13.1. The Morgan fingerprint density at radius 2 is 1.33 bits per heavy atom. The summed E-state index contributed by atoms with van der Waals surface area (Å²) in [5.41, 5.74) is -3.20. The molecule has 0 atom stereocenters. The average Bonchev–Trinajstić information content (AvgIpc) is 2.67. The summed E-state index contributed by atoms with van der Waals surface area (Å²) in [7, 11) is 0. The van der Waals surface area contributed by atoms with Crippen molar-refractivity contribution in [1.82, 2.24) is 10.2 Å². The first-order valence-corrected chi connectivity index (χ1v) is 3.97. The van der Waals surface area contributed by atoms with Crippen LogP contribution in [-0.2, 0) is 6.18 Å². The summed E-state index contributed by atoms with van der Waals surface area (Å²) >= 11 is 0. The van der Waals surface area contributed by atoms with Gasteiger partial charge in [-0.25, -0.2) is 17.6 Å². The Kier molecular flexibility index (Phi) is 3.69. The Labute approximate surface area is 106 Å². The molecule has 0 spiro atoms. The second kappa shape index (κ2) is 4.48. The van der Waals surface area contributed by atoms with E-state index in [1.165, 1.54) is 0 Å². The molecule has 0 bridgehead atoms. The molecule has 0 aliphatic carbocycles. The van der Waals surface area contributed by atoms with Gasteiger partial charge < -0.3 is 10.2 Å². The van der Waals surface area contributed by atoms with Gasteiger partial charge in [0.15, 0.2) is 17.5 Å². The van der Waals surface area contributed by atoms with Gasteiger partial charge in [0.05, 0.1) is 0 Å². The summed E-state index contributed by atoms with van der Waals surface area (Å²) in [5, 5.41) is 3.62. The topological polar surface area (TPSA) is 27.0 Å². The zero-order valence-electron chi connectivity index (χ0n) is 8.54. The molecule has 18 heavy (non-hydrogen) atoms. The Morgan fingerprint density at radius 1 is 0.833 bits per heavy atom. The molecule has 2 nitrogen and oxygen atoms in total. The number of alkyl halides is 3. The summed E-state index contributed by atoms with van der Waals surface area (Å²) in [6.45, 7) is 0. The van der Waals surface area contributed by atoms with Crippen molar-refractivity contribution in [3.05, 3.63) is 29.0 Å². The first-order chi connectivity index (χ1) is 7.75. The summed E-state index contributed by atoms with van der Waals surface area (Å²) in [6.07, 6.45) is -5.15. The first kappa shape index (κ1) is 14.9. The van der Waals surface area contributed by atoms with Gasteiger partial charge in [-0.15, -0.1) is 0 Å². The molecule has 1 heterocycles. The van der Waals surface area contributed by atoms with Crippen LogP contribution in [0.1, 0.15) is 5.69 Å². The number of fused-ring (bicyclic) bond motifs is 1. The van der Waals surface area contributed by atoms with Gasteiger partial charge >= 0.3 is 25.0 Å². The van der Waals surface area contributed by atoms with Gasteiger partial charge in [0, 0.05) is 5.39 Å². The van der Waals surface area contributed by atoms with Gasteiger partial charge in [-0.2, -0.15) is 13.2 Å². The number of benzene rings is 1. The maximum Gasteiger partial charge on any atom is 1.00 e. The zero-order chi connectivity index (χ0) is 13.0. The van der Waals surface area contributed by atoms with E-state index in [0.29, 0.717) is 0 Å². The molecule has 92 valence electrons. The van der Waals surface area contributed by atoms with E-state index in [4.69, 9.17) is 0 Å². The van der Waals surface area contributed by atoms with Crippen LogP contribution in [-0.4, -0.2) is 5.10 Å². The molecule has 0 radical (unpaired) electrons. The van der Waals surface area contributed by atoms with Crippen molar-refractivity contribution < 1.29 is 49.6 Å². The van der Waals surface area contributed by atoms with Gasteiger partial charge in [-0.05, 0) is 0 Å². The summed E-state index contributed by atoms with van der Waals surface area (Å²) < 4.78 is 88.4. The number of hydrogen-bond donors (Lipinski definition) is 0. The summed E-state index contributed by atoms with van der Waals surface area (Å²) in [6, 6.07) is 0. The maximum atomic E-state index is 13.1. The van der Waals surface area contributed by atoms with Crippen LogP contribution in [0.4, 0.5) is 30.7 Å². The van der Waals surface area contributed by atoms with Crippen LogP contribution in [0.3, 0.4) is 0 Å². The number of rotatable bonds is 0. The number of hydrogen-bond acceptors (Lipinski definition) is 1. The van der Waals surface area contributed by atoms with Crippen LogP contribution < -0.4 is 24.0 Å². The van der Waals surface area contributed by atoms with Gasteiger partial charge in [0.2, 0.25) is 0 Å². The van der Waals surface area contributed by atoms with Crippen molar-refractivity contribution in [1.29, 1.82) is 0 Å². The van der Waals surface area contributed by atoms with E-state index in [-0.39, 0.29) is 18.9 Å². The van der Waals surface area contributed by atoms with E-state index >= 15 is 0 Å². The van der Waals surface area contributed by atoms with E-state index in [0.717, 1.165) is 0 Å². The molecular weight excluding hydrogens is 264 g/mol. The molecule has 0 N–H and O–H groups in total. The Bertz CT molecular complexity index is 604. The van der Waals surface area contributed by atoms with Crippen LogP contribution >= 0.6 is 0 Å². The Hall–Kier alpha value is -1.20. The molecule has 0 saturated heterocycles. The largest absolute Gasteiger partial charge is 1.00 e. The molecule has 0 unspecified atom stereocenters. The van der Waals surface area contributed by atoms with Crippen LogP contribution in [0, 0.1) is 23.3 Å². The van der Waals surface area contributed by atoms with Crippen molar-refractivity contribution in [2.24, 2.45) is 0 Å². The molecule has 0 aliphatic heterocycles. The van der Waals surface area contributed by atoms with E-state index in [9.17, 15) is 30.7 Å². The minimum atomic E-state index is -5.15. The van der Waals surface area contributed by atoms with Crippen molar-refractivity contribution in [2.75, 3.05) is 0 Å². The normalized spacial score (nSPS) is 11.7. The third-order valence-electron chi connectivity index (χ3n) is 2.00. The van der Waals surface area contributed by atoms with E-state index in [2.05, 4.69) is 10.2 Å². The average molecular weight is 264 g/mol. The minimum absolute atomic E-state index is 0. The van der Waals surface area contributed by atoms with Crippen molar-refractivity contribution in [2.45, 2.75) is 6.18 Å². The molecule has 1 aromatic carbocycles. The van der Waals surface area contributed by atoms with Crippen molar-refractivity contribution >= 4 is 10.9 Å². The van der Waals surface area contributed by atoms with Crippen molar-refractivity contribution in [3.8, 4) is 0 Å². The number of aromatic nitrogens is 2. The predicted octanol–water partition coefficient (Wildman–Crippen LogP) is -0.229. The predicted molar refractivity (Wildman–Crippen MR) is 39.9 cm³/mol. The number of nitrogens with zero attached hydrogens (tertiary/aromatic N) is 2. The van der Waals surface area contributed by atoms with Gasteiger partial charge in [-0.3, -0.25) is 0 Å². The number of halogens is 7. The SMILES string of the molecule is Fc1c(F)c(F)c2c(C(F)(F)F)n[n-]c2c1F.[Li+]. The molecule has 0 amide bonds. The van der Waals surface area contributed by atoms with Crippen LogP contribution in [0.25, 0.3) is 10.9 Å². The van der Waals surface area contributed by atoms with Crippen molar-refractivity contribution in [3.63, 3.8) is 0 Å². The molecular formula is C8F7LiN2. The second-order valence-corrected chi connectivity index (χ2v) is 3.03. The fourth-order valence-electron chi connectivity index (χ4n) is 1.28. The minimum Gasteiger partial charge on any atom is -0.572 e. The molecule has 1 aromatic heterocycles. The Morgan fingerprint density at radius 3 is 1.83 bits per heavy atom. The Balaban J connectivity index is 0.00000162. The van der Waals surface area contributed by atoms with Crippen LogP contribution in [0.15, 0.2) is 0 Å². The fraction of sp³-hybridized carbons (Fsp3) is 0.125. The fourth-order valence-corrected chi connectivity index (χ4v) is 1.28. The third-order valence-corrected chi connectivity index (χ3v) is 2.00. The van der Waals surface area contributed by atoms with E-state index < -0.39 is 46.0 Å². The quantitative estimate of drug-likeness (QED) is 0.284. The zero-order valence-corrected chi connectivity index (χ0v) is 8.54. The molecule has 10 heteroatoms. The second-order valence-electron chi connectivity index (χ2n) is 3.03. The van der Waals surface area contributed by atoms with E-state index in [1.807, 2.05) is 0 Å². The molecule has 0 fully saturated rings. The van der Waals surface area contributed by atoms with Gasteiger partial charge in [0.1, 0.15) is 11.5 Å². The summed E-state index contributed by atoms with van der Waals surface area (Å²) in [5.74, 6) is -8.75. The van der Waals surface area contributed by atoms with Crippen LogP contribution in [0.5, 0.6) is 0 Å². The van der Waals surface area contributed by atoms with Gasteiger partial charge in [0.25, 0.3) is 0 Å². The third kappa shape index (κ3) is 1.97. The molecule has 2 aromatic rings. The first-order valence-electron chi connectivity index (χ1n) is 3.97. The molecule has 0 saturated carbocycles. The van der Waals surface area contributed by atoms with Gasteiger partial charge in [-0.1, -0.05) is 5.52 Å². The van der Waals surface area contributed by atoms with E-state index in [1.54, 1.807) is 0 Å². The monoisotopic (exact) mass is 264 g/mol. The standard InChI is InChI=1S/C8F7N2.Li/c9-2-1-6(5(12)4(11)3(2)10)16-17-7(1)8(13,14)15;/q-1;+1. The smallest absolute Gasteiger partial charge is 0.572 e. The molecule has 2 rings (SSSR count).